The molecule has 0 atom stereocenters. The Labute approximate surface area is 102 Å². The first kappa shape index (κ1) is 12.8. The van der Waals surface area contributed by atoms with Crippen molar-refractivity contribution in [2.75, 3.05) is 11.9 Å². The van der Waals surface area contributed by atoms with E-state index in [4.69, 9.17) is 0 Å². The fourth-order valence-corrected chi connectivity index (χ4v) is 1.89. The van der Waals surface area contributed by atoms with E-state index in [1.165, 1.54) is 6.42 Å². The second kappa shape index (κ2) is 4.73. The Kier molecular flexibility index (Phi) is 4.05. The molecule has 0 unspecified atom stereocenters. The number of nitrogens with zero attached hydrogens (tertiary/aromatic N) is 1. The predicted octanol–water partition coefficient (Wildman–Crippen LogP) is 3.96. The molecule has 15 heavy (non-hydrogen) atoms. The van der Waals surface area contributed by atoms with E-state index in [-0.39, 0.29) is 11.0 Å². The largest absolute Gasteiger partial charge is 0.369 e. The van der Waals surface area contributed by atoms with Crippen LogP contribution in [0.15, 0.2) is 24.4 Å². The van der Waals surface area contributed by atoms with Gasteiger partial charge >= 0.3 is 0 Å². The van der Waals surface area contributed by atoms with E-state index in [0.717, 1.165) is 11.9 Å². The Bertz CT molecular complexity index is 264. The number of hydrogen-bond acceptors (Lipinski definition) is 1. The summed E-state index contributed by atoms with van der Waals surface area (Å²) in [4.78, 5) is 2.42. The van der Waals surface area contributed by atoms with Crippen molar-refractivity contribution in [2.45, 2.75) is 39.7 Å². The summed E-state index contributed by atoms with van der Waals surface area (Å²) in [5.74, 6) is 0. The molecular formula is C13H22BrN. The Balaban J connectivity index is 2.82. The molecule has 0 N–H and O–H groups in total. The van der Waals surface area contributed by atoms with Gasteiger partial charge in [0.2, 0.25) is 0 Å². The molecule has 86 valence electrons. The van der Waals surface area contributed by atoms with Crippen LogP contribution < -0.4 is 0 Å². The third-order valence-corrected chi connectivity index (χ3v) is 3.44. The smallest absolute Gasteiger partial charge is 0.0523 e. The number of rotatable bonds is 3. The average Bonchev–Trinajstić information content (AvgIpc) is 2.23. The van der Waals surface area contributed by atoms with Gasteiger partial charge in [0.1, 0.15) is 0 Å². The average molecular weight is 272 g/mol. The first-order chi connectivity index (χ1) is 6.87. The number of alkyl halides is 1. The van der Waals surface area contributed by atoms with E-state index in [2.05, 4.69) is 73.0 Å². The first-order valence-electron chi connectivity index (χ1n) is 5.60. The number of hydrogen-bond donors (Lipinski definition) is 0. The quantitative estimate of drug-likeness (QED) is 0.555. The van der Waals surface area contributed by atoms with E-state index in [1.807, 2.05) is 0 Å². The van der Waals surface area contributed by atoms with E-state index in [1.54, 1.807) is 0 Å². The highest BCUT2D eigenvalue weighted by Gasteiger charge is 2.25. The summed E-state index contributed by atoms with van der Waals surface area (Å²) in [7, 11) is 0. The maximum atomic E-state index is 3.49. The van der Waals surface area contributed by atoms with Gasteiger partial charge in [0, 0.05) is 17.3 Å². The predicted molar refractivity (Wildman–Crippen MR) is 71.3 cm³/mol. The van der Waals surface area contributed by atoms with E-state index >= 15 is 0 Å². The zero-order valence-corrected chi connectivity index (χ0v) is 11.8. The Morgan fingerprint density at radius 1 is 1.07 bits per heavy atom. The maximum absolute atomic E-state index is 3.49. The Morgan fingerprint density at radius 2 is 1.73 bits per heavy atom. The van der Waals surface area contributed by atoms with Gasteiger partial charge in [-0.05, 0) is 26.5 Å². The third kappa shape index (κ3) is 3.67. The van der Waals surface area contributed by atoms with E-state index in [0.29, 0.717) is 0 Å². The van der Waals surface area contributed by atoms with Crippen molar-refractivity contribution >= 4 is 15.9 Å². The van der Waals surface area contributed by atoms with Crippen molar-refractivity contribution < 1.29 is 0 Å². The van der Waals surface area contributed by atoms with Gasteiger partial charge in [0.15, 0.2) is 0 Å². The molecule has 0 aromatic carbocycles. The van der Waals surface area contributed by atoms with Crippen LogP contribution in [-0.2, 0) is 0 Å². The second-order valence-electron chi connectivity index (χ2n) is 5.36. The highest BCUT2D eigenvalue weighted by atomic mass is 79.9. The van der Waals surface area contributed by atoms with E-state index < -0.39 is 0 Å². The minimum absolute atomic E-state index is 0.131. The van der Waals surface area contributed by atoms with Crippen molar-refractivity contribution in [3.63, 3.8) is 0 Å². The van der Waals surface area contributed by atoms with E-state index in [9.17, 15) is 0 Å². The maximum Gasteiger partial charge on any atom is 0.0523 e. The van der Waals surface area contributed by atoms with Crippen molar-refractivity contribution in [3.8, 4) is 0 Å². The summed E-state index contributed by atoms with van der Waals surface area (Å²) in [6.07, 6.45) is 10.3. The Hall–Kier alpha value is -0.240. The van der Waals surface area contributed by atoms with Crippen LogP contribution in [0, 0.1) is 5.41 Å². The summed E-state index contributed by atoms with van der Waals surface area (Å²) >= 11 is 3.49. The topological polar surface area (TPSA) is 3.24 Å². The van der Waals surface area contributed by atoms with Crippen molar-refractivity contribution in [3.05, 3.63) is 24.4 Å². The lowest BCUT2D eigenvalue weighted by Crippen LogP contribution is -2.38. The monoisotopic (exact) mass is 271 g/mol. The molecule has 0 aromatic heterocycles. The third-order valence-electron chi connectivity index (χ3n) is 2.88. The molecule has 0 amide bonds. The molecule has 0 fully saturated rings. The van der Waals surface area contributed by atoms with Gasteiger partial charge < -0.3 is 4.90 Å². The number of halogens is 1. The number of allylic oxidation sites excluding steroid dienone is 2. The molecule has 1 aliphatic rings. The van der Waals surface area contributed by atoms with Gasteiger partial charge in [-0.15, -0.1) is 0 Å². The Morgan fingerprint density at radius 3 is 2.33 bits per heavy atom. The van der Waals surface area contributed by atoms with Gasteiger partial charge in [0.05, 0.1) is 5.54 Å². The highest BCUT2D eigenvalue weighted by molar-refractivity contribution is 9.09. The molecule has 0 saturated heterocycles. The molecule has 0 aliphatic carbocycles. The lowest BCUT2D eigenvalue weighted by Gasteiger charge is -2.35. The van der Waals surface area contributed by atoms with Gasteiger partial charge in [0.25, 0.3) is 0 Å². The van der Waals surface area contributed by atoms with Crippen LogP contribution in [-0.4, -0.2) is 22.3 Å². The SMILES string of the molecule is CC1(C)C=CN(CCCBr)C(C)(C)C=C1. The lowest BCUT2D eigenvalue weighted by molar-refractivity contribution is 0.239. The molecule has 1 heterocycles. The van der Waals surface area contributed by atoms with Crippen molar-refractivity contribution in [2.24, 2.45) is 5.41 Å². The summed E-state index contributed by atoms with van der Waals surface area (Å²) in [6, 6.07) is 0. The van der Waals surface area contributed by atoms with Gasteiger partial charge in [-0.3, -0.25) is 0 Å². The molecule has 0 radical (unpaired) electrons. The molecule has 1 nitrogen and oxygen atoms in total. The summed E-state index contributed by atoms with van der Waals surface area (Å²) in [5.41, 5.74) is 0.312. The summed E-state index contributed by atoms with van der Waals surface area (Å²) in [6.45, 7) is 10.1. The standard InChI is InChI=1S/C13H22BrN/c1-12(2)6-7-13(3,4)15(11-8-12)10-5-9-14/h6-8,11H,5,9-10H2,1-4H3. The van der Waals surface area contributed by atoms with Crippen LogP contribution in [0.3, 0.4) is 0 Å². The molecule has 1 rings (SSSR count). The van der Waals surface area contributed by atoms with Crippen molar-refractivity contribution in [1.82, 2.24) is 4.90 Å². The molecule has 1 aliphatic heterocycles. The van der Waals surface area contributed by atoms with Gasteiger partial charge in [-0.1, -0.05) is 48.0 Å². The van der Waals surface area contributed by atoms with Crippen LogP contribution in [0.25, 0.3) is 0 Å². The fourth-order valence-electron chi connectivity index (χ4n) is 1.64. The molecule has 2 heteroatoms. The summed E-state index contributed by atoms with van der Waals surface area (Å²) < 4.78 is 0. The lowest BCUT2D eigenvalue weighted by atomic mass is 9.92. The normalized spacial score (nSPS) is 22.9. The van der Waals surface area contributed by atoms with Gasteiger partial charge in [-0.2, -0.15) is 0 Å². The molecule has 0 spiro atoms. The second-order valence-corrected chi connectivity index (χ2v) is 6.15. The zero-order valence-electron chi connectivity index (χ0n) is 10.3. The molecular weight excluding hydrogens is 250 g/mol. The molecule has 0 bridgehead atoms. The fraction of sp³-hybridized carbons (Fsp3) is 0.692. The zero-order chi connectivity index (χ0) is 11.5. The van der Waals surface area contributed by atoms with Crippen LogP contribution in [0.4, 0.5) is 0 Å². The van der Waals surface area contributed by atoms with Crippen LogP contribution in [0.5, 0.6) is 0 Å². The molecule has 0 aromatic rings. The highest BCUT2D eigenvalue weighted by Crippen LogP contribution is 2.28. The minimum Gasteiger partial charge on any atom is -0.369 e. The van der Waals surface area contributed by atoms with Gasteiger partial charge in [-0.25, -0.2) is 0 Å². The minimum atomic E-state index is 0.131. The molecule has 0 saturated carbocycles. The first-order valence-corrected chi connectivity index (χ1v) is 6.72. The van der Waals surface area contributed by atoms with Crippen LogP contribution in [0.2, 0.25) is 0 Å². The van der Waals surface area contributed by atoms with Crippen molar-refractivity contribution in [1.29, 1.82) is 0 Å². The van der Waals surface area contributed by atoms with Crippen LogP contribution in [0.1, 0.15) is 34.1 Å². The van der Waals surface area contributed by atoms with Crippen LogP contribution >= 0.6 is 15.9 Å². The summed E-state index contributed by atoms with van der Waals surface area (Å²) in [5, 5.41) is 1.07.